The Morgan fingerprint density at radius 2 is 1.24 bits per heavy atom. The number of rotatable bonds is 17. The second-order valence-electron chi connectivity index (χ2n) is 6.69. The number of ether oxygens (including phenoxy) is 4. The Morgan fingerprint density at radius 1 is 0.793 bits per heavy atom. The van der Waals surface area contributed by atoms with E-state index < -0.39 is 5.97 Å². The third kappa shape index (κ3) is 12.6. The van der Waals surface area contributed by atoms with E-state index in [1.807, 2.05) is 0 Å². The lowest BCUT2D eigenvalue weighted by Gasteiger charge is -2.30. The van der Waals surface area contributed by atoms with E-state index in [4.69, 9.17) is 29.8 Å². The van der Waals surface area contributed by atoms with Gasteiger partial charge in [0, 0.05) is 19.5 Å². The Bertz CT molecular complexity index is 481. The molecule has 0 aromatic rings. The first-order valence-corrected chi connectivity index (χ1v) is 10.1. The molecular formula is C19H34N2O8. The molecule has 1 rings (SSSR count). The van der Waals surface area contributed by atoms with Crippen LogP contribution in [0.25, 0.3) is 0 Å². The molecule has 0 atom stereocenters. The summed E-state index contributed by atoms with van der Waals surface area (Å²) >= 11 is 0. The van der Waals surface area contributed by atoms with Gasteiger partial charge in [0.25, 0.3) is 0 Å². The van der Waals surface area contributed by atoms with Crippen LogP contribution in [0, 0.1) is 5.92 Å². The van der Waals surface area contributed by atoms with Gasteiger partial charge in [-0.15, -0.1) is 0 Å². The maximum absolute atomic E-state index is 12.0. The zero-order valence-corrected chi connectivity index (χ0v) is 17.0. The Balaban J connectivity index is 1.83. The quantitative estimate of drug-likeness (QED) is 0.304. The first-order valence-electron chi connectivity index (χ1n) is 10.1. The minimum absolute atomic E-state index is 0.00207. The number of carboxylic acids is 1. The zero-order chi connectivity index (χ0) is 21.3. The number of carbonyl (C=O) groups is 3. The number of amides is 1. The first kappa shape index (κ1) is 25.4. The van der Waals surface area contributed by atoms with Crippen molar-refractivity contribution < 1.29 is 38.4 Å². The van der Waals surface area contributed by atoms with Crippen molar-refractivity contribution in [3.63, 3.8) is 0 Å². The SMILES string of the molecule is NCC(=O)CCOCCOCCOCCOCCC(=O)N1CCC(C(=O)O)CC1. The molecule has 0 saturated carbocycles. The van der Waals surface area contributed by atoms with Gasteiger partial charge in [-0.05, 0) is 12.8 Å². The molecule has 0 spiro atoms. The summed E-state index contributed by atoms with van der Waals surface area (Å²) in [5.41, 5.74) is 5.19. The molecule has 0 unspecified atom stereocenters. The van der Waals surface area contributed by atoms with Gasteiger partial charge in [0.15, 0.2) is 0 Å². The van der Waals surface area contributed by atoms with Crippen molar-refractivity contribution in [3.8, 4) is 0 Å². The van der Waals surface area contributed by atoms with Crippen LogP contribution in [-0.4, -0.2) is 100 Å². The Labute approximate surface area is 171 Å². The van der Waals surface area contributed by atoms with E-state index in [0.29, 0.717) is 85.2 Å². The number of likely N-dealkylation sites (tertiary alicyclic amines) is 1. The van der Waals surface area contributed by atoms with Gasteiger partial charge in [-0.3, -0.25) is 14.4 Å². The van der Waals surface area contributed by atoms with Crippen molar-refractivity contribution in [2.45, 2.75) is 25.7 Å². The summed E-state index contributed by atoms with van der Waals surface area (Å²) in [7, 11) is 0. The lowest BCUT2D eigenvalue weighted by Crippen LogP contribution is -2.40. The molecular weight excluding hydrogens is 384 g/mol. The van der Waals surface area contributed by atoms with Gasteiger partial charge in [-0.1, -0.05) is 0 Å². The second-order valence-corrected chi connectivity index (χ2v) is 6.69. The Kier molecular flexibility index (Phi) is 14.2. The van der Waals surface area contributed by atoms with Crippen LogP contribution < -0.4 is 5.73 Å². The molecule has 1 amide bonds. The van der Waals surface area contributed by atoms with Crippen molar-refractivity contribution >= 4 is 17.7 Å². The maximum atomic E-state index is 12.0. The van der Waals surface area contributed by atoms with Crippen LogP contribution in [0.4, 0.5) is 0 Å². The molecule has 1 aliphatic rings. The van der Waals surface area contributed by atoms with E-state index in [9.17, 15) is 14.4 Å². The lowest BCUT2D eigenvalue weighted by atomic mass is 9.97. The summed E-state index contributed by atoms with van der Waals surface area (Å²) in [5, 5.41) is 8.96. The molecule has 1 saturated heterocycles. The number of hydrogen-bond donors (Lipinski definition) is 2. The molecule has 1 aliphatic heterocycles. The Morgan fingerprint density at radius 3 is 1.69 bits per heavy atom. The van der Waals surface area contributed by atoms with E-state index in [1.54, 1.807) is 4.90 Å². The fraction of sp³-hybridized carbons (Fsp3) is 0.842. The van der Waals surface area contributed by atoms with E-state index >= 15 is 0 Å². The molecule has 0 aromatic heterocycles. The number of carbonyl (C=O) groups excluding carboxylic acids is 2. The standard InChI is InChI=1S/C19H34N2O8/c20-15-17(22)3-7-26-9-11-28-13-14-29-12-10-27-8-4-18(23)21-5-1-16(2-6-21)19(24)25/h16H,1-15,20H2,(H,24,25). The highest BCUT2D eigenvalue weighted by atomic mass is 16.6. The Hall–Kier alpha value is -1.59. The number of ketones is 1. The van der Waals surface area contributed by atoms with Gasteiger partial charge in [0.05, 0.1) is 71.7 Å². The summed E-state index contributed by atoms with van der Waals surface area (Å²) in [6, 6.07) is 0. The lowest BCUT2D eigenvalue weighted by molar-refractivity contribution is -0.146. The largest absolute Gasteiger partial charge is 0.481 e. The van der Waals surface area contributed by atoms with Gasteiger partial charge >= 0.3 is 5.97 Å². The van der Waals surface area contributed by atoms with Gasteiger partial charge in [-0.2, -0.15) is 0 Å². The first-order chi connectivity index (χ1) is 14.0. The minimum atomic E-state index is -0.782. The molecule has 168 valence electrons. The second kappa shape index (κ2) is 16.2. The minimum Gasteiger partial charge on any atom is -0.481 e. The molecule has 29 heavy (non-hydrogen) atoms. The van der Waals surface area contributed by atoms with Crippen LogP contribution in [0.5, 0.6) is 0 Å². The summed E-state index contributed by atoms with van der Waals surface area (Å²) in [5.74, 6) is -1.14. The smallest absolute Gasteiger partial charge is 0.306 e. The average molecular weight is 418 g/mol. The van der Waals surface area contributed by atoms with Gasteiger partial charge in [-0.25, -0.2) is 0 Å². The van der Waals surface area contributed by atoms with Crippen LogP contribution in [-0.2, 0) is 33.3 Å². The fourth-order valence-electron chi connectivity index (χ4n) is 2.74. The van der Waals surface area contributed by atoms with Gasteiger partial charge in [0.1, 0.15) is 5.78 Å². The fourth-order valence-corrected chi connectivity index (χ4v) is 2.74. The van der Waals surface area contributed by atoms with Gasteiger partial charge < -0.3 is 34.7 Å². The molecule has 1 heterocycles. The van der Waals surface area contributed by atoms with Crippen LogP contribution in [0.3, 0.4) is 0 Å². The average Bonchev–Trinajstić information content (AvgIpc) is 2.73. The summed E-state index contributed by atoms with van der Waals surface area (Å²) in [4.78, 5) is 35.6. The highest BCUT2D eigenvalue weighted by Crippen LogP contribution is 2.17. The van der Waals surface area contributed by atoms with Crippen LogP contribution in [0.1, 0.15) is 25.7 Å². The zero-order valence-electron chi connectivity index (χ0n) is 17.0. The van der Waals surface area contributed by atoms with Gasteiger partial charge in [0.2, 0.25) is 5.91 Å². The summed E-state index contributed by atoms with van der Waals surface area (Å²) < 4.78 is 21.3. The molecule has 0 aromatic carbocycles. The van der Waals surface area contributed by atoms with E-state index in [0.717, 1.165) is 0 Å². The van der Waals surface area contributed by atoms with Crippen molar-refractivity contribution in [1.82, 2.24) is 4.90 Å². The maximum Gasteiger partial charge on any atom is 0.306 e. The van der Waals surface area contributed by atoms with E-state index in [-0.39, 0.29) is 30.6 Å². The van der Waals surface area contributed by atoms with Crippen LogP contribution in [0.15, 0.2) is 0 Å². The van der Waals surface area contributed by atoms with Crippen molar-refractivity contribution in [3.05, 3.63) is 0 Å². The molecule has 3 N–H and O–H groups in total. The summed E-state index contributed by atoms with van der Waals surface area (Å²) in [6.45, 7) is 4.26. The number of carboxylic acid groups (broad SMARTS) is 1. The van der Waals surface area contributed by atoms with Crippen molar-refractivity contribution in [1.29, 1.82) is 0 Å². The highest BCUT2D eigenvalue weighted by Gasteiger charge is 2.26. The monoisotopic (exact) mass is 418 g/mol. The predicted octanol–water partition coefficient (Wildman–Crippen LogP) is -0.316. The van der Waals surface area contributed by atoms with E-state index in [2.05, 4.69) is 0 Å². The number of Topliss-reactive ketones (excluding diaryl/α,β-unsaturated/α-hetero) is 1. The van der Waals surface area contributed by atoms with Crippen LogP contribution in [0.2, 0.25) is 0 Å². The number of hydrogen-bond acceptors (Lipinski definition) is 8. The van der Waals surface area contributed by atoms with Crippen LogP contribution >= 0.6 is 0 Å². The molecule has 0 radical (unpaired) electrons. The predicted molar refractivity (Wildman–Crippen MR) is 104 cm³/mol. The molecule has 10 nitrogen and oxygen atoms in total. The third-order valence-corrected chi connectivity index (χ3v) is 4.53. The number of piperidine rings is 1. The molecule has 0 aliphatic carbocycles. The number of aliphatic carboxylic acids is 1. The number of nitrogens with two attached hydrogens (primary N) is 1. The highest BCUT2D eigenvalue weighted by molar-refractivity contribution is 5.80. The molecule has 0 bridgehead atoms. The van der Waals surface area contributed by atoms with Crippen molar-refractivity contribution in [2.24, 2.45) is 11.7 Å². The normalized spacial score (nSPS) is 14.9. The third-order valence-electron chi connectivity index (χ3n) is 4.53. The number of nitrogens with zero attached hydrogens (tertiary/aromatic N) is 1. The topological polar surface area (TPSA) is 138 Å². The van der Waals surface area contributed by atoms with Crippen molar-refractivity contribution in [2.75, 3.05) is 72.5 Å². The van der Waals surface area contributed by atoms with E-state index in [1.165, 1.54) is 0 Å². The molecule has 1 fully saturated rings. The summed E-state index contributed by atoms with van der Waals surface area (Å²) in [6.07, 6.45) is 1.64. The molecule has 10 heteroatoms.